The van der Waals surface area contributed by atoms with Gasteiger partial charge in [-0.3, -0.25) is 0 Å². The third kappa shape index (κ3) is 1.39. The van der Waals surface area contributed by atoms with E-state index in [1.165, 1.54) is 16.7 Å². The van der Waals surface area contributed by atoms with Crippen molar-refractivity contribution in [1.29, 1.82) is 0 Å². The summed E-state index contributed by atoms with van der Waals surface area (Å²) in [5.74, 6) is 0. The van der Waals surface area contributed by atoms with Gasteiger partial charge in [-0.05, 0) is 6.07 Å². The molecule has 2 heterocycles. The predicted molar refractivity (Wildman–Crippen MR) is 66.0 cm³/mol. The van der Waals surface area contributed by atoms with Crippen LogP contribution in [0.2, 0.25) is 0 Å². The van der Waals surface area contributed by atoms with Crippen molar-refractivity contribution >= 4 is 22.2 Å². The molecule has 0 atom stereocenters. The average Bonchev–Trinajstić information content (AvgIpc) is 2.94. The van der Waals surface area contributed by atoms with E-state index in [0.29, 0.717) is 5.19 Å². The number of nitrogens with zero attached hydrogens (tertiary/aromatic N) is 1. The molecule has 0 unspecified atom stereocenters. The van der Waals surface area contributed by atoms with Gasteiger partial charge < -0.3 is 9.72 Å². The Morgan fingerprint density at radius 2 is 2.19 bits per heavy atom. The van der Waals surface area contributed by atoms with Crippen LogP contribution in [0, 0.1) is 0 Å². The monoisotopic (exact) mass is 230 g/mol. The van der Waals surface area contributed by atoms with Crippen LogP contribution >= 0.6 is 11.3 Å². The molecule has 0 spiro atoms. The quantitative estimate of drug-likeness (QED) is 0.733. The minimum Gasteiger partial charge on any atom is -0.473 e. The van der Waals surface area contributed by atoms with E-state index in [-0.39, 0.29) is 0 Å². The van der Waals surface area contributed by atoms with Crippen molar-refractivity contribution in [1.82, 2.24) is 9.97 Å². The molecule has 0 radical (unpaired) electrons. The molecule has 3 rings (SSSR count). The number of para-hydroxylation sites is 1. The number of aromatic amines is 1. The Kier molecular flexibility index (Phi) is 2.15. The van der Waals surface area contributed by atoms with Gasteiger partial charge in [0, 0.05) is 28.0 Å². The smallest absolute Gasteiger partial charge is 0.273 e. The highest BCUT2D eigenvalue weighted by molar-refractivity contribution is 7.11. The molecule has 0 amide bonds. The van der Waals surface area contributed by atoms with Crippen molar-refractivity contribution in [3.63, 3.8) is 0 Å². The molecule has 3 aromatic rings. The Labute approximate surface area is 96.7 Å². The maximum absolute atomic E-state index is 5.10. The summed E-state index contributed by atoms with van der Waals surface area (Å²) in [5.41, 5.74) is 3.21. The largest absolute Gasteiger partial charge is 0.473 e. The highest BCUT2D eigenvalue weighted by atomic mass is 32.1. The van der Waals surface area contributed by atoms with Crippen molar-refractivity contribution < 1.29 is 4.74 Å². The molecule has 0 aliphatic carbocycles. The lowest BCUT2D eigenvalue weighted by molar-refractivity contribution is 0.412. The van der Waals surface area contributed by atoms with Gasteiger partial charge in [0.25, 0.3) is 5.19 Å². The van der Waals surface area contributed by atoms with E-state index < -0.39 is 0 Å². The van der Waals surface area contributed by atoms with Crippen LogP contribution in [0.4, 0.5) is 0 Å². The van der Waals surface area contributed by atoms with Gasteiger partial charge in [0.05, 0.1) is 12.8 Å². The number of rotatable bonds is 2. The van der Waals surface area contributed by atoms with E-state index in [9.17, 15) is 0 Å². The fraction of sp³-hybridized carbons (Fsp3) is 0.0833. The van der Waals surface area contributed by atoms with Gasteiger partial charge in [-0.15, -0.1) is 0 Å². The summed E-state index contributed by atoms with van der Waals surface area (Å²) in [7, 11) is 1.64. The van der Waals surface area contributed by atoms with Gasteiger partial charge >= 0.3 is 0 Å². The zero-order valence-electron chi connectivity index (χ0n) is 8.73. The summed E-state index contributed by atoms with van der Waals surface area (Å²) in [5, 5.41) is 3.89. The van der Waals surface area contributed by atoms with Crippen molar-refractivity contribution in [3.8, 4) is 16.5 Å². The van der Waals surface area contributed by atoms with E-state index in [4.69, 9.17) is 4.74 Å². The topological polar surface area (TPSA) is 37.9 Å². The first-order chi connectivity index (χ1) is 7.88. The molecule has 1 N–H and O–H groups in total. The molecule has 1 aromatic carbocycles. The number of ether oxygens (including phenoxy) is 1. The van der Waals surface area contributed by atoms with Crippen LogP contribution in [0.15, 0.2) is 35.8 Å². The summed E-state index contributed by atoms with van der Waals surface area (Å²) in [6.07, 6.45) is 1.99. The molecule has 0 bridgehead atoms. The first kappa shape index (κ1) is 9.42. The SMILES string of the molecule is COc1nc(-c2c[nH]c3ccccc23)cs1. The Morgan fingerprint density at radius 1 is 1.31 bits per heavy atom. The van der Waals surface area contributed by atoms with Gasteiger partial charge in [0.2, 0.25) is 0 Å². The maximum Gasteiger partial charge on any atom is 0.273 e. The molecule has 0 saturated carbocycles. The zero-order valence-corrected chi connectivity index (χ0v) is 9.54. The second kappa shape index (κ2) is 3.64. The highest BCUT2D eigenvalue weighted by Gasteiger charge is 2.09. The number of nitrogens with one attached hydrogen (secondary N) is 1. The molecule has 0 fully saturated rings. The molecule has 0 aliphatic heterocycles. The Morgan fingerprint density at radius 3 is 3.00 bits per heavy atom. The molecule has 0 aliphatic rings. The second-order valence-corrected chi connectivity index (χ2v) is 4.27. The van der Waals surface area contributed by atoms with Crippen LogP contribution in [0.5, 0.6) is 5.19 Å². The maximum atomic E-state index is 5.10. The van der Waals surface area contributed by atoms with E-state index in [1.807, 2.05) is 23.7 Å². The Bertz CT molecular complexity index is 627. The van der Waals surface area contributed by atoms with Crippen LogP contribution in [0.25, 0.3) is 22.2 Å². The van der Waals surface area contributed by atoms with Crippen molar-refractivity contribution in [2.45, 2.75) is 0 Å². The van der Waals surface area contributed by atoms with Crippen LogP contribution in [-0.2, 0) is 0 Å². The summed E-state index contributed by atoms with van der Waals surface area (Å²) in [6.45, 7) is 0. The van der Waals surface area contributed by atoms with E-state index in [0.717, 1.165) is 16.8 Å². The Balaban J connectivity index is 2.18. The number of benzene rings is 1. The fourth-order valence-corrected chi connectivity index (χ4v) is 2.40. The summed E-state index contributed by atoms with van der Waals surface area (Å²) < 4.78 is 5.10. The van der Waals surface area contributed by atoms with Crippen molar-refractivity contribution in [3.05, 3.63) is 35.8 Å². The molecule has 2 aromatic heterocycles. The third-order valence-corrected chi connectivity index (χ3v) is 3.32. The lowest BCUT2D eigenvalue weighted by Gasteiger charge is -1.93. The van der Waals surface area contributed by atoms with Crippen LogP contribution in [0.3, 0.4) is 0 Å². The number of hydrogen-bond donors (Lipinski definition) is 1. The van der Waals surface area contributed by atoms with Gasteiger partial charge in [-0.25, -0.2) is 4.98 Å². The number of methoxy groups -OCH3 is 1. The number of H-pyrrole nitrogens is 1. The number of aromatic nitrogens is 2. The number of hydrogen-bond acceptors (Lipinski definition) is 3. The van der Waals surface area contributed by atoms with Gasteiger partial charge in [0.15, 0.2) is 0 Å². The van der Waals surface area contributed by atoms with Crippen LogP contribution < -0.4 is 4.74 Å². The Hall–Kier alpha value is -1.81. The third-order valence-electron chi connectivity index (χ3n) is 2.52. The van der Waals surface area contributed by atoms with Crippen molar-refractivity contribution in [2.24, 2.45) is 0 Å². The fourth-order valence-electron chi connectivity index (χ4n) is 1.76. The molecule has 0 saturated heterocycles. The first-order valence-electron chi connectivity index (χ1n) is 4.94. The predicted octanol–water partition coefficient (Wildman–Crippen LogP) is 3.30. The van der Waals surface area contributed by atoms with Crippen LogP contribution in [-0.4, -0.2) is 17.1 Å². The molecular formula is C12H10N2OS. The summed E-state index contributed by atoms with van der Waals surface area (Å²) in [4.78, 5) is 7.64. The number of fused-ring (bicyclic) bond motifs is 1. The molecule has 80 valence electrons. The normalized spacial score (nSPS) is 10.8. The molecule has 16 heavy (non-hydrogen) atoms. The molecule has 4 heteroatoms. The van der Waals surface area contributed by atoms with Crippen LogP contribution in [0.1, 0.15) is 0 Å². The second-order valence-electron chi connectivity index (χ2n) is 3.45. The molecule has 3 nitrogen and oxygen atoms in total. The van der Waals surface area contributed by atoms with Gasteiger partial charge in [-0.2, -0.15) is 0 Å². The highest BCUT2D eigenvalue weighted by Crippen LogP contribution is 2.31. The zero-order chi connectivity index (χ0) is 11.0. The lowest BCUT2D eigenvalue weighted by atomic mass is 10.1. The minimum absolute atomic E-state index is 0.695. The summed E-state index contributed by atoms with van der Waals surface area (Å²) in [6, 6.07) is 8.20. The van der Waals surface area contributed by atoms with E-state index in [2.05, 4.69) is 22.1 Å². The van der Waals surface area contributed by atoms with E-state index >= 15 is 0 Å². The average molecular weight is 230 g/mol. The van der Waals surface area contributed by atoms with E-state index in [1.54, 1.807) is 7.11 Å². The first-order valence-corrected chi connectivity index (χ1v) is 5.82. The van der Waals surface area contributed by atoms with Gasteiger partial charge in [-0.1, -0.05) is 29.5 Å². The lowest BCUT2D eigenvalue weighted by Crippen LogP contribution is -1.80. The van der Waals surface area contributed by atoms with Gasteiger partial charge in [0.1, 0.15) is 0 Å². The number of thiazole rings is 1. The molecular weight excluding hydrogens is 220 g/mol. The van der Waals surface area contributed by atoms with Crippen molar-refractivity contribution in [2.75, 3.05) is 7.11 Å². The standard InChI is InChI=1S/C12H10N2OS/c1-15-12-14-11(7-16-12)9-6-13-10-5-3-2-4-8(9)10/h2-7,13H,1H3. The summed E-state index contributed by atoms with van der Waals surface area (Å²) >= 11 is 1.51. The minimum atomic E-state index is 0.695.